The summed E-state index contributed by atoms with van der Waals surface area (Å²) in [5.41, 5.74) is 0.720. The molecule has 0 aliphatic carbocycles. The molecule has 6 heteroatoms. The minimum Gasteiger partial charge on any atom is -0.452 e. The van der Waals surface area contributed by atoms with Gasteiger partial charge in [0, 0.05) is 10.7 Å². The smallest absolute Gasteiger partial charge is 0.338 e. The minimum atomic E-state index is -0.624. The van der Waals surface area contributed by atoms with Crippen molar-refractivity contribution in [2.75, 3.05) is 11.9 Å². The van der Waals surface area contributed by atoms with Crippen molar-refractivity contribution in [3.63, 3.8) is 0 Å². The van der Waals surface area contributed by atoms with Crippen molar-refractivity contribution >= 4 is 29.2 Å². The van der Waals surface area contributed by atoms with Crippen molar-refractivity contribution in [1.29, 1.82) is 0 Å². The van der Waals surface area contributed by atoms with Gasteiger partial charge in [0.1, 0.15) is 5.82 Å². The molecule has 4 nitrogen and oxygen atoms in total. The van der Waals surface area contributed by atoms with Gasteiger partial charge in [-0.25, -0.2) is 9.18 Å². The Morgan fingerprint density at radius 1 is 1.05 bits per heavy atom. The predicted octanol–water partition coefficient (Wildman–Crippen LogP) is 3.27. The maximum absolute atomic E-state index is 12.7. The average molecular weight is 308 g/mol. The van der Waals surface area contributed by atoms with Crippen molar-refractivity contribution < 1.29 is 18.7 Å². The first kappa shape index (κ1) is 15.0. The summed E-state index contributed by atoms with van der Waals surface area (Å²) in [7, 11) is 0. The van der Waals surface area contributed by atoms with Crippen molar-refractivity contribution in [1.82, 2.24) is 0 Å². The number of esters is 1. The monoisotopic (exact) mass is 307 g/mol. The molecule has 0 bridgehead atoms. The van der Waals surface area contributed by atoms with Crippen molar-refractivity contribution in [3.05, 3.63) is 64.9 Å². The third-order valence-electron chi connectivity index (χ3n) is 2.54. The van der Waals surface area contributed by atoms with E-state index in [4.69, 9.17) is 16.3 Å². The first-order valence-electron chi connectivity index (χ1n) is 6.03. The van der Waals surface area contributed by atoms with Crippen LogP contribution in [0.2, 0.25) is 5.02 Å². The van der Waals surface area contributed by atoms with Crippen LogP contribution in [0, 0.1) is 5.82 Å². The number of carbonyl (C=O) groups is 2. The van der Waals surface area contributed by atoms with E-state index in [9.17, 15) is 14.0 Å². The van der Waals surface area contributed by atoms with Crippen LogP contribution in [-0.4, -0.2) is 18.5 Å². The van der Waals surface area contributed by atoms with E-state index >= 15 is 0 Å². The lowest BCUT2D eigenvalue weighted by Gasteiger charge is -2.06. The lowest BCUT2D eigenvalue weighted by molar-refractivity contribution is -0.119. The highest BCUT2D eigenvalue weighted by Gasteiger charge is 2.10. The summed E-state index contributed by atoms with van der Waals surface area (Å²) in [6.07, 6.45) is 0. The molecule has 21 heavy (non-hydrogen) atoms. The van der Waals surface area contributed by atoms with E-state index in [0.29, 0.717) is 16.3 Å². The van der Waals surface area contributed by atoms with Gasteiger partial charge in [0.15, 0.2) is 6.61 Å². The van der Waals surface area contributed by atoms with Crippen molar-refractivity contribution in [2.24, 2.45) is 0 Å². The van der Waals surface area contributed by atoms with Crippen LogP contribution in [0.5, 0.6) is 0 Å². The molecule has 2 aromatic rings. The van der Waals surface area contributed by atoms with Crippen molar-refractivity contribution in [3.8, 4) is 0 Å². The number of nitrogens with one attached hydrogen (secondary N) is 1. The Morgan fingerprint density at radius 2 is 1.67 bits per heavy atom. The first-order valence-corrected chi connectivity index (χ1v) is 6.40. The van der Waals surface area contributed by atoms with Gasteiger partial charge in [-0.15, -0.1) is 0 Å². The molecule has 0 spiro atoms. The number of ether oxygens (including phenoxy) is 1. The van der Waals surface area contributed by atoms with E-state index < -0.39 is 24.3 Å². The number of rotatable bonds is 4. The maximum Gasteiger partial charge on any atom is 0.338 e. The lowest BCUT2D eigenvalue weighted by Crippen LogP contribution is -2.20. The van der Waals surface area contributed by atoms with Gasteiger partial charge in [0.25, 0.3) is 5.91 Å². The number of hydrogen-bond donors (Lipinski definition) is 1. The molecule has 0 radical (unpaired) electrons. The largest absolute Gasteiger partial charge is 0.452 e. The van der Waals surface area contributed by atoms with Crippen LogP contribution < -0.4 is 5.32 Å². The van der Waals surface area contributed by atoms with Gasteiger partial charge in [-0.3, -0.25) is 4.79 Å². The molecule has 1 N–H and O–H groups in total. The highest BCUT2D eigenvalue weighted by atomic mass is 35.5. The predicted molar refractivity (Wildman–Crippen MR) is 76.8 cm³/mol. The Kier molecular flexibility index (Phi) is 4.90. The van der Waals surface area contributed by atoms with Gasteiger partial charge in [0.2, 0.25) is 0 Å². The fourth-order valence-corrected chi connectivity index (χ4v) is 1.66. The lowest BCUT2D eigenvalue weighted by atomic mass is 10.2. The number of benzene rings is 2. The molecule has 0 heterocycles. The number of hydrogen-bond acceptors (Lipinski definition) is 3. The Balaban J connectivity index is 1.84. The van der Waals surface area contributed by atoms with E-state index in [1.807, 2.05) is 0 Å². The van der Waals surface area contributed by atoms with Crippen LogP contribution in [0.3, 0.4) is 0 Å². The molecule has 0 fully saturated rings. The topological polar surface area (TPSA) is 55.4 Å². The fourth-order valence-electron chi connectivity index (χ4n) is 1.53. The van der Waals surface area contributed by atoms with E-state index in [0.717, 1.165) is 0 Å². The van der Waals surface area contributed by atoms with E-state index in [1.165, 1.54) is 36.4 Å². The van der Waals surface area contributed by atoms with Crippen LogP contribution in [0.15, 0.2) is 48.5 Å². The fraction of sp³-hybridized carbons (Fsp3) is 0.0667. The Morgan fingerprint density at radius 3 is 2.29 bits per heavy atom. The van der Waals surface area contributed by atoms with Crippen LogP contribution in [0.1, 0.15) is 10.4 Å². The molecule has 1 amide bonds. The van der Waals surface area contributed by atoms with Crippen LogP contribution >= 0.6 is 11.6 Å². The third-order valence-corrected chi connectivity index (χ3v) is 2.79. The highest BCUT2D eigenvalue weighted by Crippen LogP contribution is 2.11. The second-order valence-electron chi connectivity index (χ2n) is 4.14. The first-order chi connectivity index (χ1) is 10.0. The number of carbonyl (C=O) groups excluding carboxylic acids is 2. The maximum atomic E-state index is 12.7. The molecule has 0 atom stereocenters. The normalized spacial score (nSPS) is 10.0. The Labute approximate surface area is 125 Å². The summed E-state index contributed by atoms with van der Waals surface area (Å²) < 4.78 is 17.6. The van der Waals surface area contributed by atoms with Crippen molar-refractivity contribution in [2.45, 2.75) is 0 Å². The zero-order chi connectivity index (χ0) is 15.2. The van der Waals surface area contributed by atoms with Gasteiger partial charge >= 0.3 is 5.97 Å². The second-order valence-corrected chi connectivity index (χ2v) is 4.57. The quantitative estimate of drug-likeness (QED) is 0.882. The summed E-state index contributed by atoms with van der Waals surface area (Å²) in [5, 5.41) is 2.98. The van der Waals surface area contributed by atoms with Gasteiger partial charge in [-0.1, -0.05) is 11.6 Å². The Hall–Kier alpha value is -2.40. The van der Waals surface area contributed by atoms with Gasteiger partial charge in [-0.05, 0) is 48.5 Å². The average Bonchev–Trinajstić information content (AvgIpc) is 2.48. The standard InChI is InChI=1S/C15H11ClFNO3/c16-11-3-1-10(2-4-11)15(20)21-9-14(19)18-13-7-5-12(17)6-8-13/h1-8H,9H2,(H,18,19). The molecule has 108 valence electrons. The molecule has 2 rings (SSSR count). The molecular weight excluding hydrogens is 297 g/mol. The molecule has 0 saturated carbocycles. The summed E-state index contributed by atoms with van der Waals surface area (Å²) in [6, 6.07) is 11.4. The molecule has 0 unspecified atom stereocenters. The van der Waals surface area contributed by atoms with Crippen LogP contribution in [0.25, 0.3) is 0 Å². The number of halogens is 2. The zero-order valence-corrected chi connectivity index (χ0v) is 11.6. The Bertz CT molecular complexity index is 641. The van der Waals surface area contributed by atoms with E-state index in [1.54, 1.807) is 12.1 Å². The molecular formula is C15H11ClFNO3. The summed E-state index contributed by atoms with van der Waals surface area (Å²) in [5.74, 6) is -1.54. The van der Waals surface area contributed by atoms with E-state index in [-0.39, 0.29) is 0 Å². The minimum absolute atomic E-state index is 0.300. The SMILES string of the molecule is O=C(COC(=O)c1ccc(Cl)cc1)Nc1ccc(F)cc1. The molecule has 0 aromatic heterocycles. The van der Waals surface area contributed by atoms with Crippen LogP contribution in [0.4, 0.5) is 10.1 Å². The summed E-state index contributed by atoms with van der Waals surface area (Å²) in [4.78, 5) is 23.2. The van der Waals surface area contributed by atoms with Gasteiger partial charge < -0.3 is 10.1 Å². The number of anilines is 1. The molecule has 0 saturated heterocycles. The molecule has 2 aromatic carbocycles. The highest BCUT2D eigenvalue weighted by molar-refractivity contribution is 6.30. The second kappa shape index (κ2) is 6.85. The van der Waals surface area contributed by atoms with Gasteiger partial charge in [-0.2, -0.15) is 0 Å². The van der Waals surface area contributed by atoms with Crippen LogP contribution in [-0.2, 0) is 9.53 Å². The summed E-state index contributed by atoms with van der Waals surface area (Å²) >= 11 is 5.70. The van der Waals surface area contributed by atoms with E-state index in [2.05, 4.69) is 5.32 Å². The summed E-state index contributed by atoms with van der Waals surface area (Å²) in [6.45, 7) is -0.432. The molecule has 0 aliphatic rings. The zero-order valence-electron chi connectivity index (χ0n) is 10.8. The third kappa shape index (κ3) is 4.57. The van der Waals surface area contributed by atoms with Gasteiger partial charge in [0.05, 0.1) is 5.56 Å². The number of amides is 1. The molecule has 0 aliphatic heterocycles.